The molecule has 2 aliphatic carbocycles. The van der Waals surface area contributed by atoms with Gasteiger partial charge in [0.25, 0.3) is 0 Å². The molecule has 1 aromatic heterocycles. The molecule has 0 radical (unpaired) electrons. The van der Waals surface area contributed by atoms with Crippen molar-refractivity contribution in [2.24, 2.45) is 17.6 Å². The fourth-order valence-corrected chi connectivity index (χ4v) is 2.93. The first-order valence-electron chi connectivity index (χ1n) is 6.81. The van der Waals surface area contributed by atoms with E-state index >= 15 is 0 Å². The number of hydrogen-bond acceptors (Lipinski definition) is 5. The molecule has 0 spiro atoms. The van der Waals surface area contributed by atoms with Crippen molar-refractivity contribution in [3.05, 3.63) is 11.7 Å². The molecule has 0 bridgehead atoms. The van der Waals surface area contributed by atoms with E-state index < -0.39 is 5.54 Å². The summed E-state index contributed by atoms with van der Waals surface area (Å²) in [5.41, 5.74) is 5.49. The van der Waals surface area contributed by atoms with Gasteiger partial charge in [-0.05, 0) is 44.9 Å². The van der Waals surface area contributed by atoms with Gasteiger partial charge in [-0.1, -0.05) is 5.16 Å². The largest absolute Gasteiger partial charge is 0.379 e. The molecule has 3 unspecified atom stereocenters. The molecule has 0 amide bonds. The predicted molar refractivity (Wildman–Crippen MR) is 65.9 cm³/mol. The molecule has 5 heteroatoms. The molecular weight excluding hydrogens is 230 g/mol. The van der Waals surface area contributed by atoms with Crippen molar-refractivity contribution in [1.29, 1.82) is 0 Å². The summed E-state index contributed by atoms with van der Waals surface area (Å²) in [4.78, 5) is 4.49. The minimum Gasteiger partial charge on any atom is -0.379 e. The van der Waals surface area contributed by atoms with Crippen molar-refractivity contribution in [2.45, 2.75) is 44.6 Å². The Balaban J connectivity index is 1.68. The normalized spacial score (nSPS) is 33.2. The van der Waals surface area contributed by atoms with Gasteiger partial charge in [-0.25, -0.2) is 0 Å². The monoisotopic (exact) mass is 251 g/mol. The lowest BCUT2D eigenvalue weighted by atomic mass is 10.0. The summed E-state index contributed by atoms with van der Waals surface area (Å²) in [7, 11) is 0. The Morgan fingerprint density at radius 2 is 2.11 bits per heavy atom. The zero-order valence-electron chi connectivity index (χ0n) is 11.1. The lowest BCUT2D eigenvalue weighted by Gasteiger charge is -2.19. The van der Waals surface area contributed by atoms with Crippen LogP contribution in [0.2, 0.25) is 0 Å². The number of rotatable bonds is 5. The molecule has 5 nitrogen and oxygen atoms in total. The van der Waals surface area contributed by atoms with Gasteiger partial charge in [-0.3, -0.25) is 0 Å². The van der Waals surface area contributed by atoms with Crippen molar-refractivity contribution in [1.82, 2.24) is 10.1 Å². The summed E-state index contributed by atoms with van der Waals surface area (Å²) in [5, 5.41) is 4.03. The van der Waals surface area contributed by atoms with Gasteiger partial charge < -0.3 is 15.0 Å². The van der Waals surface area contributed by atoms with Gasteiger partial charge in [0.2, 0.25) is 5.89 Å². The van der Waals surface area contributed by atoms with Crippen LogP contribution in [0.25, 0.3) is 0 Å². The van der Waals surface area contributed by atoms with Crippen LogP contribution < -0.4 is 5.73 Å². The Morgan fingerprint density at radius 3 is 2.78 bits per heavy atom. The maximum absolute atomic E-state index is 6.16. The van der Waals surface area contributed by atoms with E-state index in [0.717, 1.165) is 17.7 Å². The fourth-order valence-electron chi connectivity index (χ4n) is 2.93. The van der Waals surface area contributed by atoms with E-state index in [1.165, 1.54) is 19.3 Å². The second-order valence-electron chi connectivity index (χ2n) is 5.94. The van der Waals surface area contributed by atoms with E-state index in [2.05, 4.69) is 10.1 Å². The first kappa shape index (κ1) is 12.1. The van der Waals surface area contributed by atoms with Crippen LogP contribution in [0.3, 0.4) is 0 Å². The van der Waals surface area contributed by atoms with Crippen LogP contribution >= 0.6 is 0 Å². The Hall–Kier alpha value is -0.940. The smallest absolute Gasteiger partial charge is 0.229 e. The molecule has 1 heterocycles. The van der Waals surface area contributed by atoms with Gasteiger partial charge in [0.05, 0.1) is 6.61 Å². The first-order chi connectivity index (χ1) is 8.60. The third-order valence-corrected chi connectivity index (χ3v) is 4.15. The molecule has 3 atom stereocenters. The summed E-state index contributed by atoms with van der Waals surface area (Å²) in [6.07, 6.45) is 3.81. The maximum atomic E-state index is 6.16. The summed E-state index contributed by atoms with van der Waals surface area (Å²) < 4.78 is 10.8. The van der Waals surface area contributed by atoms with Gasteiger partial charge in [0.15, 0.2) is 5.82 Å². The average Bonchev–Trinajstić information content (AvgIpc) is 2.84. The maximum Gasteiger partial charge on any atom is 0.229 e. The minimum absolute atomic E-state index is 0.415. The molecule has 2 saturated carbocycles. The highest BCUT2D eigenvalue weighted by Gasteiger charge is 2.48. The lowest BCUT2D eigenvalue weighted by Crippen LogP contribution is -2.39. The van der Waals surface area contributed by atoms with E-state index in [0.29, 0.717) is 25.0 Å². The van der Waals surface area contributed by atoms with Crippen molar-refractivity contribution in [2.75, 3.05) is 13.2 Å². The number of nitrogens with zero attached hydrogens (tertiary/aromatic N) is 2. The van der Waals surface area contributed by atoms with E-state index in [1.807, 2.05) is 13.8 Å². The van der Waals surface area contributed by atoms with Crippen molar-refractivity contribution >= 4 is 0 Å². The molecular formula is C13H21N3O2. The van der Waals surface area contributed by atoms with E-state index in [1.54, 1.807) is 0 Å². The molecule has 0 aliphatic heterocycles. The van der Waals surface area contributed by atoms with Crippen LogP contribution in [-0.4, -0.2) is 23.4 Å². The molecule has 100 valence electrons. The SMILES string of the molecule is CCOCC(C)(N)c1noc(C2CC3CC3C2)n1. The number of nitrogens with two attached hydrogens (primary N) is 1. The Labute approximate surface area is 107 Å². The molecule has 2 N–H and O–H groups in total. The Bertz CT molecular complexity index is 420. The van der Waals surface area contributed by atoms with E-state index in [9.17, 15) is 0 Å². The molecule has 3 rings (SSSR count). The second kappa shape index (κ2) is 4.31. The van der Waals surface area contributed by atoms with Gasteiger partial charge >= 0.3 is 0 Å². The van der Waals surface area contributed by atoms with Gasteiger partial charge in [0.1, 0.15) is 5.54 Å². The number of hydrogen-bond donors (Lipinski definition) is 1. The van der Waals surface area contributed by atoms with Gasteiger partial charge in [-0.2, -0.15) is 4.98 Å². The quantitative estimate of drug-likeness (QED) is 0.863. The predicted octanol–water partition coefficient (Wildman–Crippen LogP) is 1.79. The Kier molecular flexibility index (Phi) is 2.90. The molecule has 2 fully saturated rings. The molecule has 0 aromatic carbocycles. The number of ether oxygens (including phenoxy) is 1. The van der Waals surface area contributed by atoms with Gasteiger partial charge in [0, 0.05) is 12.5 Å². The fraction of sp³-hybridized carbons (Fsp3) is 0.846. The van der Waals surface area contributed by atoms with Crippen LogP contribution in [0.1, 0.15) is 50.7 Å². The zero-order valence-corrected chi connectivity index (χ0v) is 11.1. The summed E-state index contributed by atoms with van der Waals surface area (Å²) in [5.74, 6) is 3.62. The summed E-state index contributed by atoms with van der Waals surface area (Å²) >= 11 is 0. The molecule has 0 saturated heterocycles. The van der Waals surface area contributed by atoms with Crippen LogP contribution in [0.5, 0.6) is 0 Å². The number of fused-ring (bicyclic) bond motifs is 1. The Morgan fingerprint density at radius 1 is 1.39 bits per heavy atom. The molecule has 18 heavy (non-hydrogen) atoms. The highest BCUT2D eigenvalue weighted by molar-refractivity contribution is 5.09. The second-order valence-corrected chi connectivity index (χ2v) is 5.94. The summed E-state index contributed by atoms with van der Waals surface area (Å²) in [6, 6.07) is 0. The standard InChI is InChI=1S/C13H21N3O2/c1-3-17-7-13(2,14)12-15-11(18-16-12)10-5-8-4-9(8)6-10/h8-10H,3-7,14H2,1-2H3. The van der Waals surface area contributed by atoms with E-state index in [-0.39, 0.29) is 0 Å². The topological polar surface area (TPSA) is 74.2 Å². The van der Waals surface area contributed by atoms with Gasteiger partial charge in [-0.15, -0.1) is 0 Å². The average molecular weight is 251 g/mol. The van der Waals surface area contributed by atoms with Crippen molar-refractivity contribution in [3.8, 4) is 0 Å². The van der Waals surface area contributed by atoms with Crippen LogP contribution in [0, 0.1) is 11.8 Å². The van der Waals surface area contributed by atoms with Crippen molar-refractivity contribution in [3.63, 3.8) is 0 Å². The van der Waals surface area contributed by atoms with E-state index in [4.69, 9.17) is 15.0 Å². The number of aromatic nitrogens is 2. The molecule has 1 aromatic rings. The highest BCUT2D eigenvalue weighted by atomic mass is 16.5. The molecule has 2 aliphatic rings. The van der Waals surface area contributed by atoms with Crippen LogP contribution in [-0.2, 0) is 10.3 Å². The minimum atomic E-state index is -0.667. The zero-order chi connectivity index (χ0) is 12.8. The van der Waals surface area contributed by atoms with Crippen molar-refractivity contribution < 1.29 is 9.26 Å². The van der Waals surface area contributed by atoms with Crippen LogP contribution in [0.4, 0.5) is 0 Å². The highest BCUT2D eigenvalue weighted by Crippen LogP contribution is 2.57. The lowest BCUT2D eigenvalue weighted by molar-refractivity contribution is 0.0962. The van der Waals surface area contributed by atoms with Crippen LogP contribution in [0.15, 0.2) is 4.52 Å². The first-order valence-corrected chi connectivity index (χ1v) is 6.81. The summed E-state index contributed by atoms with van der Waals surface area (Å²) in [6.45, 7) is 4.88. The third-order valence-electron chi connectivity index (χ3n) is 4.15. The third kappa shape index (κ3) is 2.17.